The van der Waals surface area contributed by atoms with Gasteiger partial charge >= 0.3 is 0 Å². The van der Waals surface area contributed by atoms with E-state index >= 15 is 0 Å². The second kappa shape index (κ2) is 3.51. The van der Waals surface area contributed by atoms with Crippen molar-refractivity contribution in [3.8, 4) is 5.75 Å². The molecule has 1 N–H and O–H groups in total. The monoisotopic (exact) mass is 209 g/mol. The van der Waals surface area contributed by atoms with Gasteiger partial charge in [0.2, 0.25) is 0 Å². The Balaban J connectivity index is 2.43. The van der Waals surface area contributed by atoms with Crippen LogP contribution >= 0.6 is 0 Å². The van der Waals surface area contributed by atoms with Crippen molar-refractivity contribution < 1.29 is 14.8 Å². The Morgan fingerprint density at radius 1 is 1.60 bits per heavy atom. The zero-order valence-corrected chi connectivity index (χ0v) is 8.21. The SMILES string of the molecule is CC1CC(O)c2cc([N+](=O)[O-])ccc2O1. The molecule has 0 radical (unpaired) electrons. The molecular weight excluding hydrogens is 198 g/mol. The van der Waals surface area contributed by atoms with Gasteiger partial charge in [0.1, 0.15) is 5.75 Å². The number of nitrogens with zero attached hydrogens (tertiary/aromatic N) is 1. The summed E-state index contributed by atoms with van der Waals surface area (Å²) >= 11 is 0. The van der Waals surface area contributed by atoms with Crippen LogP contribution in [0.4, 0.5) is 5.69 Å². The molecule has 80 valence electrons. The molecule has 1 aliphatic rings. The van der Waals surface area contributed by atoms with Gasteiger partial charge in [-0.15, -0.1) is 0 Å². The average Bonchev–Trinajstić information content (AvgIpc) is 2.16. The van der Waals surface area contributed by atoms with E-state index in [-0.39, 0.29) is 11.8 Å². The topological polar surface area (TPSA) is 72.6 Å². The van der Waals surface area contributed by atoms with Gasteiger partial charge in [0, 0.05) is 24.1 Å². The highest BCUT2D eigenvalue weighted by molar-refractivity contribution is 5.46. The van der Waals surface area contributed by atoms with Gasteiger partial charge in [0.25, 0.3) is 5.69 Å². The first-order valence-corrected chi connectivity index (χ1v) is 4.71. The number of nitro benzene ring substituents is 1. The number of ether oxygens (including phenoxy) is 1. The molecular formula is C10H11NO4. The number of aliphatic hydroxyl groups is 1. The molecule has 0 bridgehead atoms. The van der Waals surface area contributed by atoms with E-state index in [4.69, 9.17) is 4.74 Å². The minimum atomic E-state index is -0.677. The van der Waals surface area contributed by atoms with Crippen LogP contribution in [0.15, 0.2) is 18.2 Å². The average molecular weight is 209 g/mol. The van der Waals surface area contributed by atoms with Crippen molar-refractivity contribution in [1.29, 1.82) is 0 Å². The molecule has 5 nitrogen and oxygen atoms in total. The number of hydrogen-bond donors (Lipinski definition) is 1. The maximum atomic E-state index is 10.5. The van der Waals surface area contributed by atoms with Crippen LogP contribution in [0.2, 0.25) is 0 Å². The van der Waals surface area contributed by atoms with Crippen LogP contribution in [0, 0.1) is 10.1 Å². The third-order valence-corrected chi connectivity index (χ3v) is 2.45. The predicted molar refractivity (Wildman–Crippen MR) is 52.8 cm³/mol. The Morgan fingerprint density at radius 3 is 3.00 bits per heavy atom. The fourth-order valence-electron chi connectivity index (χ4n) is 1.72. The number of hydrogen-bond acceptors (Lipinski definition) is 4. The maximum absolute atomic E-state index is 10.5. The molecule has 2 unspecified atom stereocenters. The fourth-order valence-corrected chi connectivity index (χ4v) is 1.72. The summed E-state index contributed by atoms with van der Waals surface area (Å²) in [7, 11) is 0. The molecule has 1 aliphatic heterocycles. The van der Waals surface area contributed by atoms with E-state index in [1.807, 2.05) is 6.92 Å². The lowest BCUT2D eigenvalue weighted by Crippen LogP contribution is -2.22. The van der Waals surface area contributed by atoms with Crippen molar-refractivity contribution in [2.24, 2.45) is 0 Å². The minimum Gasteiger partial charge on any atom is -0.490 e. The van der Waals surface area contributed by atoms with Crippen molar-refractivity contribution in [3.05, 3.63) is 33.9 Å². The number of fused-ring (bicyclic) bond motifs is 1. The van der Waals surface area contributed by atoms with Crippen molar-refractivity contribution in [3.63, 3.8) is 0 Å². The third kappa shape index (κ3) is 1.78. The molecule has 2 atom stereocenters. The van der Waals surface area contributed by atoms with Gasteiger partial charge in [-0.3, -0.25) is 10.1 Å². The quantitative estimate of drug-likeness (QED) is 0.565. The summed E-state index contributed by atoms with van der Waals surface area (Å²) in [6.45, 7) is 1.85. The fraction of sp³-hybridized carbons (Fsp3) is 0.400. The Bertz CT molecular complexity index is 404. The zero-order chi connectivity index (χ0) is 11.0. The van der Waals surface area contributed by atoms with Gasteiger partial charge in [0.05, 0.1) is 17.1 Å². The van der Waals surface area contributed by atoms with Crippen LogP contribution in [0.5, 0.6) is 5.75 Å². The van der Waals surface area contributed by atoms with Crippen LogP contribution in [0.25, 0.3) is 0 Å². The van der Waals surface area contributed by atoms with Crippen LogP contribution in [0.3, 0.4) is 0 Å². The highest BCUT2D eigenvalue weighted by Gasteiger charge is 2.25. The molecule has 2 rings (SSSR count). The zero-order valence-electron chi connectivity index (χ0n) is 8.21. The summed E-state index contributed by atoms with van der Waals surface area (Å²) in [6.07, 6.45) is -0.272. The van der Waals surface area contributed by atoms with Crippen LogP contribution in [0.1, 0.15) is 25.0 Å². The van der Waals surface area contributed by atoms with Gasteiger partial charge in [-0.1, -0.05) is 0 Å². The number of rotatable bonds is 1. The van der Waals surface area contributed by atoms with Crippen LogP contribution < -0.4 is 4.74 Å². The third-order valence-electron chi connectivity index (χ3n) is 2.45. The first-order valence-electron chi connectivity index (χ1n) is 4.71. The lowest BCUT2D eigenvalue weighted by atomic mass is 9.99. The van der Waals surface area contributed by atoms with E-state index in [0.717, 1.165) is 0 Å². The molecule has 0 saturated carbocycles. The molecule has 0 saturated heterocycles. The van der Waals surface area contributed by atoms with E-state index in [2.05, 4.69) is 0 Å². The molecule has 0 aromatic heterocycles. The van der Waals surface area contributed by atoms with Crippen molar-refractivity contribution in [1.82, 2.24) is 0 Å². The molecule has 1 aromatic rings. The first kappa shape index (κ1) is 9.92. The van der Waals surface area contributed by atoms with E-state index in [0.29, 0.717) is 17.7 Å². The number of non-ortho nitro benzene ring substituents is 1. The standard InChI is InChI=1S/C10H11NO4/c1-6-4-9(12)8-5-7(11(13)14)2-3-10(8)15-6/h2-3,5-6,9,12H,4H2,1H3. The number of aliphatic hydroxyl groups excluding tert-OH is 1. The van der Waals surface area contributed by atoms with Crippen molar-refractivity contribution in [2.75, 3.05) is 0 Å². The van der Waals surface area contributed by atoms with Crippen molar-refractivity contribution in [2.45, 2.75) is 25.6 Å². The lowest BCUT2D eigenvalue weighted by molar-refractivity contribution is -0.385. The molecule has 1 heterocycles. The van der Waals surface area contributed by atoms with Gasteiger partial charge in [-0.05, 0) is 13.0 Å². The number of nitro groups is 1. The number of benzene rings is 1. The molecule has 0 fully saturated rings. The first-order chi connectivity index (χ1) is 7.08. The Labute approximate surface area is 86.4 Å². The molecule has 1 aromatic carbocycles. The Hall–Kier alpha value is -1.62. The molecule has 0 spiro atoms. The summed E-state index contributed by atoms with van der Waals surface area (Å²) in [5, 5.41) is 20.3. The molecule has 5 heteroatoms. The lowest BCUT2D eigenvalue weighted by Gasteiger charge is -2.26. The summed E-state index contributed by atoms with van der Waals surface area (Å²) in [5.74, 6) is 0.534. The summed E-state index contributed by atoms with van der Waals surface area (Å²) in [6, 6.07) is 4.28. The minimum absolute atomic E-state index is 0.0223. The van der Waals surface area contributed by atoms with Gasteiger partial charge < -0.3 is 9.84 Å². The normalized spacial score (nSPS) is 24.1. The predicted octanol–water partition coefficient (Wildman–Crippen LogP) is 1.80. The van der Waals surface area contributed by atoms with Gasteiger partial charge in [0.15, 0.2) is 0 Å². The van der Waals surface area contributed by atoms with Crippen LogP contribution in [-0.4, -0.2) is 16.1 Å². The Morgan fingerprint density at radius 2 is 2.33 bits per heavy atom. The summed E-state index contributed by atoms with van der Waals surface area (Å²) in [5.41, 5.74) is 0.480. The maximum Gasteiger partial charge on any atom is 0.270 e. The highest BCUT2D eigenvalue weighted by Crippen LogP contribution is 2.36. The Kier molecular flexibility index (Phi) is 2.32. The smallest absolute Gasteiger partial charge is 0.270 e. The summed E-state index contributed by atoms with van der Waals surface area (Å²) in [4.78, 5) is 10.1. The summed E-state index contributed by atoms with van der Waals surface area (Å²) < 4.78 is 5.45. The van der Waals surface area contributed by atoms with Gasteiger partial charge in [-0.25, -0.2) is 0 Å². The van der Waals surface area contributed by atoms with Crippen molar-refractivity contribution >= 4 is 5.69 Å². The molecule has 0 aliphatic carbocycles. The molecule has 15 heavy (non-hydrogen) atoms. The van der Waals surface area contributed by atoms with E-state index in [9.17, 15) is 15.2 Å². The second-order valence-corrected chi connectivity index (χ2v) is 3.66. The van der Waals surface area contributed by atoms with E-state index in [1.165, 1.54) is 18.2 Å². The van der Waals surface area contributed by atoms with Crippen LogP contribution in [-0.2, 0) is 0 Å². The largest absolute Gasteiger partial charge is 0.490 e. The van der Waals surface area contributed by atoms with E-state index in [1.54, 1.807) is 0 Å². The highest BCUT2D eigenvalue weighted by atomic mass is 16.6. The van der Waals surface area contributed by atoms with Gasteiger partial charge in [-0.2, -0.15) is 0 Å². The second-order valence-electron chi connectivity index (χ2n) is 3.66. The molecule has 0 amide bonds. The van der Waals surface area contributed by atoms with E-state index < -0.39 is 11.0 Å².